The number of hydrogen-bond donors (Lipinski definition) is 0. The molecule has 3 nitrogen and oxygen atoms in total. The number of nitriles is 2. The van der Waals surface area contributed by atoms with Crippen LogP contribution < -0.4 is 4.90 Å². The van der Waals surface area contributed by atoms with Crippen molar-refractivity contribution in [1.29, 1.82) is 10.5 Å². The van der Waals surface area contributed by atoms with E-state index in [1.807, 2.05) is 42.3 Å². The number of anilines is 2. The molecule has 0 saturated carbocycles. The van der Waals surface area contributed by atoms with E-state index < -0.39 is 0 Å². The normalized spacial score (nSPS) is 9.47. The van der Waals surface area contributed by atoms with Crippen LogP contribution in [0.5, 0.6) is 0 Å². The van der Waals surface area contributed by atoms with E-state index in [0.717, 1.165) is 15.8 Å². The SMILES string of the molecule is CN(c1ccc(C#N)c(Br)c1)c1ccccc1C#N. The Morgan fingerprint density at radius 2 is 1.68 bits per heavy atom. The molecule has 0 aromatic heterocycles. The number of benzene rings is 2. The first-order valence-electron chi connectivity index (χ1n) is 5.60. The molecule has 2 rings (SSSR count). The molecule has 0 aliphatic rings. The minimum absolute atomic E-state index is 0.589. The van der Waals surface area contributed by atoms with Gasteiger partial charge in [-0.05, 0) is 46.3 Å². The highest BCUT2D eigenvalue weighted by Crippen LogP contribution is 2.29. The van der Waals surface area contributed by atoms with Gasteiger partial charge in [-0.15, -0.1) is 0 Å². The van der Waals surface area contributed by atoms with Crippen molar-refractivity contribution in [2.45, 2.75) is 0 Å². The predicted octanol–water partition coefficient (Wildman–Crippen LogP) is 3.96. The lowest BCUT2D eigenvalue weighted by molar-refractivity contribution is 1.19. The van der Waals surface area contributed by atoms with Crippen LogP contribution in [-0.4, -0.2) is 7.05 Å². The zero-order valence-electron chi connectivity index (χ0n) is 10.3. The smallest absolute Gasteiger partial charge is 0.101 e. The molecule has 0 heterocycles. The highest BCUT2D eigenvalue weighted by atomic mass is 79.9. The maximum Gasteiger partial charge on any atom is 0.101 e. The second kappa shape index (κ2) is 5.56. The second-order valence-corrected chi connectivity index (χ2v) is 4.82. The van der Waals surface area contributed by atoms with Crippen LogP contribution >= 0.6 is 15.9 Å². The van der Waals surface area contributed by atoms with Gasteiger partial charge in [0.2, 0.25) is 0 Å². The van der Waals surface area contributed by atoms with Crippen molar-refractivity contribution in [3.63, 3.8) is 0 Å². The quantitative estimate of drug-likeness (QED) is 0.843. The highest BCUT2D eigenvalue weighted by Gasteiger charge is 2.10. The van der Waals surface area contributed by atoms with Crippen LogP contribution in [0.15, 0.2) is 46.9 Å². The maximum atomic E-state index is 9.12. The summed E-state index contributed by atoms with van der Waals surface area (Å²) in [4.78, 5) is 1.92. The Balaban J connectivity index is 2.45. The lowest BCUT2D eigenvalue weighted by Crippen LogP contribution is -2.11. The fraction of sp³-hybridized carbons (Fsp3) is 0.0667. The van der Waals surface area contributed by atoms with E-state index >= 15 is 0 Å². The fourth-order valence-corrected chi connectivity index (χ4v) is 2.26. The van der Waals surface area contributed by atoms with Gasteiger partial charge in [0.05, 0.1) is 16.8 Å². The first-order valence-corrected chi connectivity index (χ1v) is 6.39. The van der Waals surface area contributed by atoms with Gasteiger partial charge in [-0.2, -0.15) is 10.5 Å². The summed E-state index contributed by atoms with van der Waals surface area (Å²) in [5.41, 5.74) is 2.95. The standard InChI is InChI=1S/C15H10BrN3/c1-19(15-5-3-2-4-12(15)10-18)13-7-6-11(9-17)14(16)8-13/h2-8H,1H3. The Morgan fingerprint density at radius 3 is 2.32 bits per heavy atom. The summed E-state index contributed by atoms with van der Waals surface area (Å²) in [5.74, 6) is 0. The zero-order chi connectivity index (χ0) is 13.8. The summed E-state index contributed by atoms with van der Waals surface area (Å²) in [6, 6.07) is 17.2. The lowest BCUT2D eigenvalue weighted by Gasteiger charge is -2.21. The molecule has 92 valence electrons. The van der Waals surface area contributed by atoms with Crippen molar-refractivity contribution in [1.82, 2.24) is 0 Å². The minimum Gasteiger partial charge on any atom is -0.344 e. The minimum atomic E-state index is 0.589. The van der Waals surface area contributed by atoms with Crippen LogP contribution in [0.4, 0.5) is 11.4 Å². The van der Waals surface area contributed by atoms with Gasteiger partial charge in [0.15, 0.2) is 0 Å². The van der Waals surface area contributed by atoms with Crippen molar-refractivity contribution < 1.29 is 0 Å². The third-order valence-corrected chi connectivity index (χ3v) is 3.50. The second-order valence-electron chi connectivity index (χ2n) is 3.96. The number of nitrogens with zero attached hydrogens (tertiary/aromatic N) is 3. The van der Waals surface area contributed by atoms with Crippen LogP contribution in [0.2, 0.25) is 0 Å². The fourth-order valence-electron chi connectivity index (χ4n) is 1.80. The van der Waals surface area contributed by atoms with Crippen LogP contribution in [0.1, 0.15) is 11.1 Å². The van der Waals surface area contributed by atoms with Crippen molar-refractivity contribution in [2.24, 2.45) is 0 Å². The van der Waals surface area contributed by atoms with Crippen LogP contribution in [0, 0.1) is 22.7 Å². The molecule has 0 bridgehead atoms. The third kappa shape index (κ3) is 2.59. The summed E-state index contributed by atoms with van der Waals surface area (Å²) >= 11 is 3.37. The average molecular weight is 312 g/mol. The van der Waals surface area contributed by atoms with Gasteiger partial charge in [-0.1, -0.05) is 12.1 Å². The van der Waals surface area contributed by atoms with E-state index in [1.54, 1.807) is 12.1 Å². The molecule has 0 atom stereocenters. The van der Waals surface area contributed by atoms with Crippen LogP contribution in [-0.2, 0) is 0 Å². The predicted molar refractivity (Wildman–Crippen MR) is 78.1 cm³/mol. The van der Waals surface area contributed by atoms with Gasteiger partial charge < -0.3 is 4.90 Å². The molecule has 0 spiro atoms. The molecule has 0 saturated heterocycles. The molecule has 4 heteroatoms. The first-order chi connectivity index (χ1) is 9.17. The summed E-state index contributed by atoms with van der Waals surface area (Å²) in [5, 5.41) is 18.0. The van der Waals surface area contributed by atoms with E-state index in [-0.39, 0.29) is 0 Å². The van der Waals surface area contributed by atoms with Gasteiger partial charge in [-0.25, -0.2) is 0 Å². The van der Waals surface area contributed by atoms with E-state index in [0.29, 0.717) is 11.1 Å². The van der Waals surface area contributed by atoms with E-state index in [2.05, 4.69) is 28.1 Å². The maximum absolute atomic E-state index is 9.12. The molecule has 0 fully saturated rings. The highest BCUT2D eigenvalue weighted by molar-refractivity contribution is 9.10. The largest absolute Gasteiger partial charge is 0.344 e. The Morgan fingerprint density at radius 1 is 1.00 bits per heavy atom. The molecule has 2 aromatic rings. The Kier molecular flexibility index (Phi) is 3.85. The molecule has 0 radical (unpaired) electrons. The van der Waals surface area contributed by atoms with Crippen molar-refractivity contribution in [2.75, 3.05) is 11.9 Å². The molecule has 2 aromatic carbocycles. The van der Waals surface area contributed by atoms with Gasteiger partial charge in [-0.3, -0.25) is 0 Å². The molecule has 19 heavy (non-hydrogen) atoms. The van der Waals surface area contributed by atoms with Crippen LogP contribution in [0.3, 0.4) is 0 Å². The lowest BCUT2D eigenvalue weighted by atomic mass is 10.1. The summed E-state index contributed by atoms with van der Waals surface area (Å²) < 4.78 is 0.744. The van der Waals surface area contributed by atoms with Gasteiger partial charge in [0.1, 0.15) is 12.1 Å². The summed E-state index contributed by atoms with van der Waals surface area (Å²) in [6.45, 7) is 0. The first kappa shape index (κ1) is 13.1. The van der Waals surface area contributed by atoms with E-state index in [4.69, 9.17) is 10.5 Å². The molecule has 0 aliphatic heterocycles. The molecule has 0 aliphatic carbocycles. The number of para-hydroxylation sites is 1. The van der Waals surface area contributed by atoms with Crippen molar-refractivity contribution in [3.8, 4) is 12.1 Å². The van der Waals surface area contributed by atoms with Crippen molar-refractivity contribution in [3.05, 3.63) is 58.1 Å². The molecular weight excluding hydrogens is 302 g/mol. The third-order valence-electron chi connectivity index (χ3n) is 2.85. The summed E-state index contributed by atoms with van der Waals surface area (Å²) in [7, 11) is 1.89. The average Bonchev–Trinajstić information content (AvgIpc) is 2.46. The van der Waals surface area contributed by atoms with Gasteiger partial charge in [0.25, 0.3) is 0 Å². The van der Waals surface area contributed by atoms with Crippen molar-refractivity contribution >= 4 is 27.3 Å². The summed E-state index contributed by atoms with van der Waals surface area (Å²) in [6.07, 6.45) is 0. The van der Waals surface area contributed by atoms with Crippen LogP contribution in [0.25, 0.3) is 0 Å². The van der Waals surface area contributed by atoms with Gasteiger partial charge >= 0.3 is 0 Å². The topological polar surface area (TPSA) is 50.8 Å². The number of halogens is 1. The molecule has 0 amide bonds. The Hall–Kier alpha value is -2.30. The molecule has 0 unspecified atom stereocenters. The number of hydrogen-bond acceptors (Lipinski definition) is 3. The Labute approximate surface area is 120 Å². The van der Waals surface area contributed by atoms with Gasteiger partial charge in [0, 0.05) is 17.2 Å². The molecule has 0 N–H and O–H groups in total. The number of rotatable bonds is 2. The zero-order valence-corrected chi connectivity index (χ0v) is 11.8. The Bertz CT molecular complexity index is 695. The molecular formula is C15H10BrN3. The van der Waals surface area contributed by atoms with E-state index in [9.17, 15) is 0 Å². The monoisotopic (exact) mass is 311 g/mol. The van der Waals surface area contributed by atoms with E-state index in [1.165, 1.54) is 0 Å².